The molecular formula is C14H22N2O3S. The molecular weight excluding hydrogens is 276 g/mol. The predicted molar refractivity (Wildman–Crippen MR) is 77.8 cm³/mol. The van der Waals surface area contributed by atoms with Crippen LogP contribution in [0.3, 0.4) is 0 Å². The average Bonchev–Trinajstić information content (AvgIpc) is 2.48. The van der Waals surface area contributed by atoms with E-state index in [4.69, 9.17) is 5.11 Å². The number of aliphatic hydroxyl groups excluding tert-OH is 1. The number of hydrogen-bond acceptors (Lipinski definition) is 4. The molecule has 1 aromatic carbocycles. The van der Waals surface area contributed by atoms with Crippen LogP contribution in [-0.4, -0.2) is 44.6 Å². The van der Waals surface area contributed by atoms with Crippen LogP contribution in [0.1, 0.15) is 18.4 Å². The second-order valence-electron chi connectivity index (χ2n) is 5.20. The van der Waals surface area contributed by atoms with Crippen molar-refractivity contribution in [2.75, 3.05) is 26.7 Å². The summed E-state index contributed by atoms with van der Waals surface area (Å²) in [4.78, 5) is 0.347. The van der Waals surface area contributed by atoms with E-state index in [1.807, 2.05) is 19.2 Å². The highest BCUT2D eigenvalue weighted by Crippen LogP contribution is 2.23. The lowest BCUT2D eigenvalue weighted by molar-refractivity contribution is 0.170. The Morgan fingerprint density at radius 2 is 1.85 bits per heavy atom. The number of benzene rings is 1. The third-order valence-corrected chi connectivity index (χ3v) is 5.69. The molecule has 0 spiro atoms. The highest BCUT2D eigenvalue weighted by molar-refractivity contribution is 7.89. The molecule has 6 heteroatoms. The molecule has 0 bridgehead atoms. The molecule has 0 unspecified atom stereocenters. The minimum atomic E-state index is -3.39. The van der Waals surface area contributed by atoms with Crippen molar-refractivity contribution in [2.24, 2.45) is 5.92 Å². The maximum Gasteiger partial charge on any atom is 0.243 e. The van der Waals surface area contributed by atoms with Crippen molar-refractivity contribution in [3.05, 3.63) is 29.8 Å². The maximum absolute atomic E-state index is 12.5. The second kappa shape index (κ2) is 6.67. The van der Waals surface area contributed by atoms with Crippen molar-refractivity contribution in [1.29, 1.82) is 0 Å². The Morgan fingerprint density at radius 3 is 2.35 bits per heavy atom. The average molecular weight is 298 g/mol. The van der Waals surface area contributed by atoms with E-state index in [9.17, 15) is 8.42 Å². The molecule has 1 aliphatic heterocycles. The van der Waals surface area contributed by atoms with Gasteiger partial charge in [-0.1, -0.05) is 12.1 Å². The summed E-state index contributed by atoms with van der Waals surface area (Å²) in [6.45, 7) is 1.85. The molecule has 20 heavy (non-hydrogen) atoms. The minimum Gasteiger partial charge on any atom is -0.396 e. The SMILES string of the molecule is CNCc1ccc(S(=O)(=O)N2CCC(CO)CC2)cc1. The lowest BCUT2D eigenvalue weighted by atomic mass is 10.00. The molecule has 0 aromatic heterocycles. The first kappa shape index (κ1) is 15.4. The van der Waals surface area contributed by atoms with E-state index in [2.05, 4.69) is 5.32 Å². The fraction of sp³-hybridized carbons (Fsp3) is 0.571. The van der Waals surface area contributed by atoms with Crippen molar-refractivity contribution in [3.8, 4) is 0 Å². The fourth-order valence-electron chi connectivity index (χ4n) is 2.46. The van der Waals surface area contributed by atoms with Crippen molar-refractivity contribution < 1.29 is 13.5 Å². The van der Waals surface area contributed by atoms with E-state index in [1.54, 1.807) is 12.1 Å². The van der Waals surface area contributed by atoms with Gasteiger partial charge in [0, 0.05) is 26.2 Å². The van der Waals surface area contributed by atoms with Gasteiger partial charge in [-0.15, -0.1) is 0 Å². The van der Waals surface area contributed by atoms with Crippen LogP contribution >= 0.6 is 0 Å². The van der Waals surface area contributed by atoms with Gasteiger partial charge in [0.25, 0.3) is 0 Å². The Labute approximate surface area is 120 Å². The number of hydrogen-bond donors (Lipinski definition) is 2. The monoisotopic (exact) mass is 298 g/mol. The largest absolute Gasteiger partial charge is 0.396 e. The Bertz CT molecular complexity index is 520. The summed E-state index contributed by atoms with van der Waals surface area (Å²) in [7, 11) is -1.54. The van der Waals surface area contributed by atoms with Crippen molar-refractivity contribution >= 4 is 10.0 Å². The molecule has 2 N–H and O–H groups in total. The summed E-state index contributed by atoms with van der Waals surface area (Å²) in [6, 6.07) is 7.01. The number of piperidine rings is 1. The zero-order valence-electron chi connectivity index (χ0n) is 11.7. The van der Waals surface area contributed by atoms with E-state index in [1.165, 1.54) is 4.31 Å². The van der Waals surface area contributed by atoms with Crippen LogP contribution in [0.25, 0.3) is 0 Å². The van der Waals surface area contributed by atoms with Gasteiger partial charge in [-0.2, -0.15) is 4.31 Å². The van der Waals surface area contributed by atoms with Crippen LogP contribution in [-0.2, 0) is 16.6 Å². The zero-order chi connectivity index (χ0) is 14.6. The molecule has 0 saturated carbocycles. The molecule has 2 rings (SSSR count). The molecule has 1 aliphatic rings. The standard InChI is InChI=1S/C14H22N2O3S/c1-15-10-12-2-4-14(5-3-12)20(18,19)16-8-6-13(11-17)7-9-16/h2-5,13,15,17H,6-11H2,1H3. The molecule has 0 atom stereocenters. The van der Waals surface area contributed by atoms with Gasteiger partial charge in [0.05, 0.1) is 4.90 Å². The maximum atomic E-state index is 12.5. The van der Waals surface area contributed by atoms with Crippen LogP contribution in [0.5, 0.6) is 0 Å². The van der Waals surface area contributed by atoms with Gasteiger partial charge >= 0.3 is 0 Å². The summed E-state index contributed by atoms with van der Waals surface area (Å²) in [5.41, 5.74) is 1.06. The van der Waals surface area contributed by atoms with Gasteiger partial charge in [0.15, 0.2) is 0 Å². The van der Waals surface area contributed by atoms with Crippen molar-refractivity contribution in [2.45, 2.75) is 24.3 Å². The smallest absolute Gasteiger partial charge is 0.243 e. The number of aliphatic hydroxyl groups is 1. The molecule has 1 fully saturated rings. The van der Waals surface area contributed by atoms with E-state index in [0.717, 1.165) is 24.9 Å². The minimum absolute atomic E-state index is 0.145. The normalized spacial score (nSPS) is 18.3. The summed E-state index contributed by atoms with van der Waals surface area (Å²) in [5, 5.41) is 12.1. The zero-order valence-corrected chi connectivity index (χ0v) is 12.6. The topological polar surface area (TPSA) is 69.6 Å². The number of nitrogens with one attached hydrogen (secondary N) is 1. The van der Waals surface area contributed by atoms with E-state index in [-0.39, 0.29) is 12.5 Å². The van der Waals surface area contributed by atoms with Crippen LogP contribution in [0.2, 0.25) is 0 Å². The second-order valence-corrected chi connectivity index (χ2v) is 7.14. The summed E-state index contributed by atoms with van der Waals surface area (Å²) < 4.78 is 26.5. The van der Waals surface area contributed by atoms with Gasteiger partial charge < -0.3 is 10.4 Å². The number of sulfonamides is 1. The van der Waals surface area contributed by atoms with Crippen molar-refractivity contribution in [1.82, 2.24) is 9.62 Å². The van der Waals surface area contributed by atoms with Crippen LogP contribution in [0, 0.1) is 5.92 Å². The van der Waals surface area contributed by atoms with Gasteiger partial charge in [-0.05, 0) is 43.5 Å². The molecule has 1 heterocycles. The van der Waals surface area contributed by atoms with Crippen LogP contribution < -0.4 is 5.32 Å². The van der Waals surface area contributed by atoms with Crippen molar-refractivity contribution in [3.63, 3.8) is 0 Å². The molecule has 0 amide bonds. The third kappa shape index (κ3) is 3.38. The van der Waals surface area contributed by atoms with E-state index in [0.29, 0.717) is 18.0 Å². The predicted octanol–water partition coefficient (Wildman–Crippen LogP) is 0.799. The fourth-order valence-corrected chi connectivity index (χ4v) is 3.93. The van der Waals surface area contributed by atoms with Crippen LogP contribution in [0.15, 0.2) is 29.2 Å². The Morgan fingerprint density at radius 1 is 1.25 bits per heavy atom. The van der Waals surface area contributed by atoms with Gasteiger partial charge in [-0.25, -0.2) is 8.42 Å². The first-order chi connectivity index (χ1) is 9.57. The first-order valence-electron chi connectivity index (χ1n) is 6.92. The summed E-state index contributed by atoms with van der Waals surface area (Å²) >= 11 is 0. The summed E-state index contributed by atoms with van der Waals surface area (Å²) in [5.74, 6) is 0.236. The first-order valence-corrected chi connectivity index (χ1v) is 8.36. The molecule has 112 valence electrons. The lowest BCUT2D eigenvalue weighted by Gasteiger charge is -2.30. The highest BCUT2D eigenvalue weighted by Gasteiger charge is 2.28. The van der Waals surface area contributed by atoms with E-state index < -0.39 is 10.0 Å². The summed E-state index contributed by atoms with van der Waals surface area (Å²) in [6.07, 6.45) is 1.46. The molecule has 0 aliphatic carbocycles. The van der Waals surface area contributed by atoms with Gasteiger partial charge in [0.1, 0.15) is 0 Å². The quantitative estimate of drug-likeness (QED) is 0.843. The Kier molecular flexibility index (Phi) is 5.15. The highest BCUT2D eigenvalue weighted by atomic mass is 32.2. The van der Waals surface area contributed by atoms with E-state index >= 15 is 0 Å². The van der Waals surface area contributed by atoms with Crippen LogP contribution in [0.4, 0.5) is 0 Å². The Balaban J connectivity index is 2.10. The lowest BCUT2D eigenvalue weighted by Crippen LogP contribution is -2.39. The van der Waals surface area contributed by atoms with Gasteiger partial charge in [-0.3, -0.25) is 0 Å². The molecule has 5 nitrogen and oxygen atoms in total. The number of nitrogens with zero attached hydrogens (tertiary/aromatic N) is 1. The third-order valence-electron chi connectivity index (χ3n) is 3.77. The molecule has 1 saturated heterocycles. The number of rotatable bonds is 5. The Hall–Kier alpha value is -0.950. The molecule has 0 radical (unpaired) electrons. The molecule has 1 aromatic rings. The van der Waals surface area contributed by atoms with Gasteiger partial charge in [0.2, 0.25) is 10.0 Å².